The topological polar surface area (TPSA) is 76.4 Å². The molecule has 1 aromatic heterocycles. The van der Waals surface area contributed by atoms with Crippen molar-refractivity contribution in [2.24, 2.45) is 17.5 Å². The molecule has 2 aromatic rings. The molecule has 1 saturated carbocycles. The van der Waals surface area contributed by atoms with E-state index < -0.39 is 0 Å². The lowest BCUT2D eigenvalue weighted by Gasteiger charge is -2.35. The molecule has 0 amide bonds. The quantitative estimate of drug-likeness (QED) is 0.539. The lowest BCUT2D eigenvalue weighted by atomic mass is 9.75. The minimum atomic E-state index is 0.452. The van der Waals surface area contributed by atoms with Gasteiger partial charge in [-0.15, -0.1) is 10.2 Å². The van der Waals surface area contributed by atoms with E-state index in [-0.39, 0.29) is 0 Å². The number of aryl methyl sites for hydroxylation is 1. The Labute approximate surface area is 180 Å². The van der Waals surface area contributed by atoms with Crippen LogP contribution < -0.4 is 15.4 Å². The van der Waals surface area contributed by atoms with Gasteiger partial charge in [0.1, 0.15) is 18.1 Å². The van der Waals surface area contributed by atoms with Gasteiger partial charge in [-0.1, -0.05) is 26.0 Å². The van der Waals surface area contributed by atoms with Crippen molar-refractivity contribution in [3.8, 4) is 5.75 Å². The predicted molar refractivity (Wildman–Crippen MR) is 121 cm³/mol. The molecule has 1 heterocycles. The van der Waals surface area contributed by atoms with E-state index in [0.717, 1.165) is 36.3 Å². The Bertz CT molecular complexity index is 830. The highest BCUT2D eigenvalue weighted by Gasteiger charge is 2.27. The minimum Gasteiger partial charge on any atom is -0.497 e. The van der Waals surface area contributed by atoms with Crippen molar-refractivity contribution in [3.05, 3.63) is 41.5 Å². The zero-order chi connectivity index (χ0) is 21.6. The summed E-state index contributed by atoms with van der Waals surface area (Å²) in [6, 6.07) is 8.68. The minimum absolute atomic E-state index is 0.452. The SMILES string of the molecule is COc1ccc(CCNC(=NCc2nnc(C)n2C)NC2CCC(C)(C)CC2)cc1. The normalized spacial score (nSPS) is 17.0. The highest BCUT2D eigenvalue weighted by atomic mass is 16.5. The van der Waals surface area contributed by atoms with E-state index in [1.165, 1.54) is 31.2 Å². The van der Waals surface area contributed by atoms with Crippen LogP contribution in [-0.4, -0.2) is 40.4 Å². The number of aliphatic imine (C=N–C) groups is 1. The van der Waals surface area contributed by atoms with Gasteiger partial charge in [-0.05, 0) is 62.1 Å². The molecule has 1 fully saturated rings. The highest BCUT2D eigenvalue weighted by molar-refractivity contribution is 5.80. The predicted octanol–water partition coefficient (Wildman–Crippen LogP) is 3.38. The zero-order valence-corrected chi connectivity index (χ0v) is 19.0. The summed E-state index contributed by atoms with van der Waals surface area (Å²) in [5.41, 5.74) is 1.72. The van der Waals surface area contributed by atoms with E-state index in [4.69, 9.17) is 9.73 Å². The van der Waals surface area contributed by atoms with Gasteiger partial charge in [-0.3, -0.25) is 0 Å². The molecule has 1 aliphatic carbocycles. The van der Waals surface area contributed by atoms with Crippen LogP contribution in [0.3, 0.4) is 0 Å². The van der Waals surface area contributed by atoms with Crippen LogP contribution in [0.15, 0.2) is 29.3 Å². The number of nitrogens with one attached hydrogen (secondary N) is 2. The van der Waals surface area contributed by atoms with Crippen LogP contribution in [0.25, 0.3) is 0 Å². The molecular weight excluding hydrogens is 376 g/mol. The number of benzene rings is 1. The average Bonchev–Trinajstić information content (AvgIpc) is 3.06. The fraction of sp³-hybridized carbons (Fsp3) is 0.609. The van der Waals surface area contributed by atoms with E-state index in [1.807, 2.05) is 30.7 Å². The van der Waals surface area contributed by atoms with Crippen molar-refractivity contribution in [1.29, 1.82) is 0 Å². The molecule has 1 aromatic carbocycles. The summed E-state index contributed by atoms with van der Waals surface area (Å²) in [6.07, 6.45) is 5.76. The fourth-order valence-corrected chi connectivity index (χ4v) is 3.75. The maximum Gasteiger partial charge on any atom is 0.191 e. The van der Waals surface area contributed by atoms with Crippen molar-refractivity contribution >= 4 is 5.96 Å². The summed E-state index contributed by atoms with van der Waals surface area (Å²) in [5.74, 6) is 3.51. The summed E-state index contributed by atoms with van der Waals surface area (Å²) in [7, 11) is 3.67. The van der Waals surface area contributed by atoms with Crippen LogP contribution in [0.4, 0.5) is 0 Å². The molecule has 0 bridgehead atoms. The molecule has 0 saturated heterocycles. The van der Waals surface area contributed by atoms with E-state index in [9.17, 15) is 0 Å². The van der Waals surface area contributed by atoms with Gasteiger partial charge in [0, 0.05) is 19.6 Å². The molecule has 2 N–H and O–H groups in total. The van der Waals surface area contributed by atoms with Crippen LogP contribution in [0.2, 0.25) is 0 Å². The zero-order valence-electron chi connectivity index (χ0n) is 19.0. The Morgan fingerprint density at radius 2 is 1.90 bits per heavy atom. The number of hydrogen-bond donors (Lipinski definition) is 2. The van der Waals surface area contributed by atoms with Crippen molar-refractivity contribution in [2.75, 3.05) is 13.7 Å². The van der Waals surface area contributed by atoms with Crippen molar-refractivity contribution < 1.29 is 4.74 Å². The summed E-state index contributed by atoms with van der Waals surface area (Å²) in [6.45, 7) is 8.00. The fourth-order valence-electron chi connectivity index (χ4n) is 3.75. The van der Waals surface area contributed by atoms with Gasteiger partial charge in [0.05, 0.1) is 7.11 Å². The molecule has 7 heteroatoms. The maximum absolute atomic E-state index is 5.24. The molecule has 3 rings (SSSR count). The van der Waals surface area contributed by atoms with Gasteiger partial charge in [0.25, 0.3) is 0 Å². The number of rotatable bonds is 7. The summed E-state index contributed by atoms with van der Waals surface area (Å²) in [4.78, 5) is 4.81. The molecule has 0 aliphatic heterocycles. The molecule has 0 radical (unpaired) electrons. The Morgan fingerprint density at radius 1 is 1.20 bits per heavy atom. The Balaban J connectivity index is 1.60. The largest absolute Gasteiger partial charge is 0.497 e. The number of guanidine groups is 1. The van der Waals surface area contributed by atoms with Gasteiger partial charge in [0.15, 0.2) is 11.8 Å². The highest BCUT2D eigenvalue weighted by Crippen LogP contribution is 2.34. The standard InChI is InChI=1S/C23H36N6O/c1-17-27-28-21(29(17)4)16-25-22(26-19-10-13-23(2,3)14-11-19)24-15-12-18-6-8-20(30-5)9-7-18/h6-9,19H,10-16H2,1-5H3,(H2,24,25,26). The second-order valence-corrected chi connectivity index (χ2v) is 8.99. The van der Waals surface area contributed by atoms with Gasteiger partial charge in [0.2, 0.25) is 0 Å². The smallest absolute Gasteiger partial charge is 0.191 e. The summed E-state index contributed by atoms with van der Waals surface area (Å²) in [5, 5.41) is 15.5. The van der Waals surface area contributed by atoms with Crippen LogP contribution in [0.1, 0.15) is 56.7 Å². The Hall–Kier alpha value is -2.57. The Morgan fingerprint density at radius 3 is 2.50 bits per heavy atom. The van der Waals surface area contributed by atoms with Gasteiger partial charge >= 0.3 is 0 Å². The second kappa shape index (κ2) is 9.96. The summed E-state index contributed by atoms with van der Waals surface area (Å²) >= 11 is 0. The molecular formula is C23H36N6O. The monoisotopic (exact) mass is 412 g/mol. The van der Waals surface area contributed by atoms with Crippen molar-refractivity contribution in [2.45, 2.75) is 65.5 Å². The molecule has 7 nitrogen and oxygen atoms in total. The number of ether oxygens (including phenoxy) is 1. The van der Waals surface area contributed by atoms with Crippen molar-refractivity contribution in [1.82, 2.24) is 25.4 Å². The number of methoxy groups -OCH3 is 1. The Kier molecular flexibility index (Phi) is 7.34. The van der Waals surface area contributed by atoms with Crippen molar-refractivity contribution in [3.63, 3.8) is 0 Å². The average molecular weight is 413 g/mol. The second-order valence-electron chi connectivity index (χ2n) is 8.99. The molecule has 0 unspecified atom stereocenters. The third-order valence-electron chi connectivity index (χ3n) is 6.11. The maximum atomic E-state index is 5.24. The van der Waals surface area contributed by atoms with Gasteiger partial charge in [-0.25, -0.2) is 4.99 Å². The molecule has 164 valence electrons. The summed E-state index contributed by atoms with van der Waals surface area (Å²) < 4.78 is 7.23. The number of aromatic nitrogens is 3. The molecule has 1 aliphatic rings. The number of nitrogens with zero attached hydrogens (tertiary/aromatic N) is 4. The van der Waals surface area contributed by atoms with Crippen LogP contribution in [0.5, 0.6) is 5.75 Å². The first kappa shape index (κ1) is 22.1. The van der Waals surface area contributed by atoms with Crippen LogP contribution in [0, 0.1) is 12.3 Å². The van der Waals surface area contributed by atoms with E-state index in [1.54, 1.807) is 7.11 Å². The number of hydrogen-bond acceptors (Lipinski definition) is 4. The first-order valence-electron chi connectivity index (χ1n) is 10.9. The molecule has 0 spiro atoms. The van der Waals surface area contributed by atoms with Crippen LogP contribution in [-0.2, 0) is 20.0 Å². The van der Waals surface area contributed by atoms with Crippen LogP contribution >= 0.6 is 0 Å². The lowest BCUT2D eigenvalue weighted by molar-refractivity contribution is 0.216. The molecule has 0 atom stereocenters. The first-order valence-corrected chi connectivity index (χ1v) is 10.9. The lowest BCUT2D eigenvalue weighted by Crippen LogP contribution is -2.46. The van der Waals surface area contributed by atoms with E-state index in [0.29, 0.717) is 18.0 Å². The third kappa shape index (κ3) is 6.21. The first-order chi connectivity index (χ1) is 14.4. The van der Waals surface area contributed by atoms with E-state index >= 15 is 0 Å². The van der Waals surface area contributed by atoms with Gasteiger partial charge in [-0.2, -0.15) is 0 Å². The third-order valence-corrected chi connectivity index (χ3v) is 6.11. The van der Waals surface area contributed by atoms with Gasteiger partial charge < -0.3 is 19.9 Å². The van der Waals surface area contributed by atoms with E-state index in [2.05, 4.69) is 46.8 Å². The molecule has 30 heavy (non-hydrogen) atoms.